The van der Waals surface area contributed by atoms with E-state index >= 15 is 0 Å². The lowest BCUT2D eigenvalue weighted by atomic mass is 10.0. The van der Waals surface area contributed by atoms with Crippen molar-refractivity contribution in [3.05, 3.63) is 109 Å². The minimum atomic E-state index is -4.71. The first kappa shape index (κ1) is 77.7. The largest absolute Gasteiger partial charge is 0.756 e. The van der Waals surface area contributed by atoms with Gasteiger partial charge in [0.25, 0.3) is 7.82 Å². The third-order valence-corrected chi connectivity index (χ3v) is 15.2. The SMILES string of the molecule is CC/C=C\C/C=C\C/C=C\C/C=C\C/C=C\CCCCCCCCCCCC(=O)OC(/C=C\CCCCCCCCCCC)C(COP(=O)([O-])OCC[N+](C)(C)C)NC(=O)CCCCCCCC/C=C\C/C=C\C/C=C\CCCCC. The molecule has 0 aliphatic carbocycles. The van der Waals surface area contributed by atoms with Crippen LogP contribution in [-0.2, 0) is 27.9 Å². The van der Waals surface area contributed by atoms with Gasteiger partial charge < -0.3 is 28.5 Å². The highest BCUT2D eigenvalue weighted by atomic mass is 31.2. The summed E-state index contributed by atoms with van der Waals surface area (Å²) in [4.78, 5) is 40.1. The molecule has 3 atom stereocenters. The van der Waals surface area contributed by atoms with E-state index in [2.05, 4.69) is 123 Å². The van der Waals surface area contributed by atoms with Gasteiger partial charge >= 0.3 is 5.97 Å². The molecule has 0 aliphatic rings. The van der Waals surface area contributed by atoms with Gasteiger partial charge in [0.05, 0.1) is 33.8 Å². The zero-order chi connectivity index (χ0) is 59.3. The molecule has 0 bridgehead atoms. The van der Waals surface area contributed by atoms with Gasteiger partial charge in [-0.05, 0) is 115 Å². The summed E-state index contributed by atoms with van der Waals surface area (Å²) in [6.07, 6.45) is 82.0. The predicted octanol–water partition coefficient (Wildman–Crippen LogP) is 20.3. The second-order valence-electron chi connectivity index (χ2n) is 23.2. The topological polar surface area (TPSA) is 114 Å². The molecule has 3 unspecified atom stereocenters. The Morgan fingerprint density at radius 3 is 1.21 bits per heavy atom. The molecular formula is C71H125N2O7P. The van der Waals surface area contributed by atoms with Crippen LogP contribution in [0.4, 0.5) is 0 Å². The molecule has 0 saturated heterocycles. The maximum absolute atomic E-state index is 13.6. The zero-order valence-corrected chi connectivity index (χ0v) is 54.1. The number of likely N-dealkylation sites (N-methyl/N-ethyl adjacent to an activating group) is 1. The van der Waals surface area contributed by atoms with Crippen molar-refractivity contribution in [2.24, 2.45) is 0 Å². The van der Waals surface area contributed by atoms with Crippen molar-refractivity contribution < 1.29 is 37.3 Å². The van der Waals surface area contributed by atoms with Crippen molar-refractivity contribution in [1.29, 1.82) is 0 Å². The molecule has 1 amide bonds. The maximum atomic E-state index is 13.6. The van der Waals surface area contributed by atoms with Crippen LogP contribution >= 0.6 is 7.82 Å². The molecule has 1 N–H and O–H groups in total. The average molecular weight is 1150 g/mol. The van der Waals surface area contributed by atoms with Gasteiger partial charge in [0, 0.05) is 12.8 Å². The molecule has 0 rings (SSSR count). The molecule has 0 radical (unpaired) electrons. The zero-order valence-electron chi connectivity index (χ0n) is 53.2. The molecule has 0 aliphatic heterocycles. The lowest BCUT2D eigenvalue weighted by molar-refractivity contribution is -0.870. The number of nitrogens with one attached hydrogen (secondary N) is 1. The number of unbranched alkanes of at least 4 members (excludes halogenated alkanes) is 27. The van der Waals surface area contributed by atoms with Crippen molar-refractivity contribution in [2.75, 3.05) is 40.9 Å². The smallest absolute Gasteiger partial charge is 0.306 e. The third kappa shape index (κ3) is 61.1. The second kappa shape index (κ2) is 59.8. The summed E-state index contributed by atoms with van der Waals surface area (Å²) in [7, 11) is 1.16. The van der Waals surface area contributed by atoms with Gasteiger partial charge in [0.15, 0.2) is 0 Å². The van der Waals surface area contributed by atoms with Gasteiger partial charge in [-0.2, -0.15) is 0 Å². The van der Waals surface area contributed by atoms with E-state index in [4.69, 9.17) is 13.8 Å². The third-order valence-electron chi connectivity index (χ3n) is 14.2. The quantitative estimate of drug-likeness (QED) is 0.0212. The Balaban J connectivity index is 5.15. The summed E-state index contributed by atoms with van der Waals surface area (Å²) in [5, 5.41) is 3.02. The lowest BCUT2D eigenvalue weighted by Crippen LogP contribution is -2.47. The van der Waals surface area contributed by atoms with Gasteiger partial charge in [-0.15, -0.1) is 0 Å². The Morgan fingerprint density at radius 1 is 0.444 bits per heavy atom. The minimum absolute atomic E-state index is 0.0311. The Labute approximate surface area is 500 Å². The highest BCUT2D eigenvalue weighted by Gasteiger charge is 2.27. The van der Waals surface area contributed by atoms with Crippen LogP contribution in [0.5, 0.6) is 0 Å². The van der Waals surface area contributed by atoms with Crippen molar-refractivity contribution in [3.63, 3.8) is 0 Å². The number of phosphoric acid groups is 1. The molecule has 0 aromatic carbocycles. The predicted molar refractivity (Wildman–Crippen MR) is 348 cm³/mol. The van der Waals surface area contributed by atoms with Gasteiger partial charge in [0.1, 0.15) is 19.3 Å². The van der Waals surface area contributed by atoms with Gasteiger partial charge in [-0.1, -0.05) is 259 Å². The van der Waals surface area contributed by atoms with E-state index in [9.17, 15) is 19.0 Å². The van der Waals surface area contributed by atoms with Crippen LogP contribution in [0, 0.1) is 0 Å². The molecule has 0 aromatic rings. The Kier molecular flexibility index (Phi) is 57.4. The number of nitrogens with zero attached hydrogens (tertiary/aromatic N) is 1. The monoisotopic (exact) mass is 1150 g/mol. The van der Waals surface area contributed by atoms with Crippen LogP contribution < -0.4 is 10.2 Å². The molecule has 0 heterocycles. The van der Waals surface area contributed by atoms with E-state index < -0.39 is 26.6 Å². The average Bonchev–Trinajstić information content (AvgIpc) is 3.43. The first-order chi connectivity index (χ1) is 39.4. The van der Waals surface area contributed by atoms with E-state index in [0.29, 0.717) is 17.4 Å². The molecule has 0 aromatic heterocycles. The van der Waals surface area contributed by atoms with E-state index in [1.165, 1.54) is 103 Å². The number of allylic oxidation sites excluding steroid dienone is 17. The van der Waals surface area contributed by atoms with E-state index in [-0.39, 0.29) is 24.9 Å². The minimum Gasteiger partial charge on any atom is -0.756 e. The van der Waals surface area contributed by atoms with E-state index in [0.717, 1.165) is 141 Å². The molecule has 466 valence electrons. The second-order valence-corrected chi connectivity index (χ2v) is 24.6. The van der Waals surface area contributed by atoms with E-state index in [1.54, 1.807) is 0 Å². The van der Waals surface area contributed by atoms with Crippen molar-refractivity contribution >= 4 is 19.7 Å². The van der Waals surface area contributed by atoms with Crippen molar-refractivity contribution in [3.8, 4) is 0 Å². The number of ether oxygens (including phenoxy) is 1. The molecular weight excluding hydrogens is 1020 g/mol. The number of carbonyl (C=O) groups excluding carboxylic acids is 2. The number of phosphoric ester groups is 1. The molecule has 10 heteroatoms. The number of rotatable bonds is 59. The maximum Gasteiger partial charge on any atom is 0.306 e. The van der Waals surface area contributed by atoms with Crippen molar-refractivity contribution in [1.82, 2.24) is 5.32 Å². The van der Waals surface area contributed by atoms with Gasteiger partial charge in [-0.3, -0.25) is 14.2 Å². The van der Waals surface area contributed by atoms with Gasteiger partial charge in [-0.25, -0.2) is 0 Å². The highest BCUT2D eigenvalue weighted by molar-refractivity contribution is 7.45. The standard InChI is InChI=1S/C71H125N2O7P/c1-7-10-13-16-19-22-25-27-29-31-33-34-35-36-37-38-40-42-44-46-49-52-55-58-61-64-71(75)80-69(62-59-56-53-50-47-24-21-18-15-12-9-3)68(67-79-81(76,77)78-66-65-73(4,5)6)72-70(74)63-60-57-54-51-48-45-43-41-39-32-30-28-26-23-20-17-14-11-8-2/h10,13,19-20,22-23,27-30,33-34,36-37,39,41,59,62,68-69H,7-9,11-12,14-18,21,24-26,31-32,35,38,40,42-58,60-61,63-67H2,1-6H3,(H-,72,74,76,77)/b13-10-,22-19-,23-20-,29-27-,30-28-,34-33-,37-36-,41-39-,62-59-. The summed E-state index contributed by atoms with van der Waals surface area (Å²) in [5.41, 5.74) is 0. The number of hydrogen-bond acceptors (Lipinski definition) is 7. The van der Waals surface area contributed by atoms with Crippen LogP contribution in [0.15, 0.2) is 109 Å². The fourth-order valence-electron chi connectivity index (χ4n) is 9.08. The summed E-state index contributed by atoms with van der Waals surface area (Å²) >= 11 is 0. The van der Waals surface area contributed by atoms with Crippen molar-refractivity contribution in [2.45, 2.75) is 290 Å². The fraction of sp³-hybridized carbons (Fsp3) is 0.718. The molecule has 0 fully saturated rings. The van der Waals surface area contributed by atoms with Crippen LogP contribution in [0.3, 0.4) is 0 Å². The number of carbonyl (C=O) groups is 2. The normalized spacial score (nSPS) is 14.3. The summed E-state index contributed by atoms with van der Waals surface area (Å²) in [5.74, 6) is -0.566. The van der Waals surface area contributed by atoms with Crippen LogP contribution in [0.2, 0.25) is 0 Å². The summed E-state index contributed by atoms with van der Waals surface area (Å²) in [6, 6.07) is -0.905. The summed E-state index contributed by atoms with van der Waals surface area (Å²) in [6.45, 7) is 6.68. The number of quaternary nitrogens is 1. The first-order valence-electron chi connectivity index (χ1n) is 33.2. The number of esters is 1. The molecule has 0 spiro atoms. The number of amides is 1. The van der Waals surface area contributed by atoms with E-state index in [1.807, 2.05) is 33.3 Å². The summed E-state index contributed by atoms with van der Waals surface area (Å²) < 4.78 is 30.4. The Bertz CT molecular complexity index is 1750. The van der Waals surface area contributed by atoms with Crippen LogP contribution in [0.25, 0.3) is 0 Å². The first-order valence-corrected chi connectivity index (χ1v) is 34.7. The Hall–Kier alpha value is -3.33. The fourth-order valence-corrected chi connectivity index (χ4v) is 9.81. The molecule has 0 saturated carbocycles. The number of hydrogen-bond donors (Lipinski definition) is 1. The molecule has 9 nitrogen and oxygen atoms in total. The lowest BCUT2D eigenvalue weighted by Gasteiger charge is -2.30. The highest BCUT2D eigenvalue weighted by Crippen LogP contribution is 2.38. The van der Waals surface area contributed by atoms with Crippen LogP contribution in [0.1, 0.15) is 278 Å². The molecule has 81 heavy (non-hydrogen) atoms. The van der Waals surface area contributed by atoms with Crippen LogP contribution in [-0.4, -0.2) is 69.4 Å². The van der Waals surface area contributed by atoms with Gasteiger partial charge in [0.2, 0.25) is 5.91 Å². The Morgan fingerprint density at radius 2 is 0.790 bits per heavy atom.